The lowest BCUT2D eigenvalue weighted by atomic mass is 10.1. The van der Waals surface area contributed by atoms with Crippen LogP contribution in [0.3, 0.4) is 0 Å². The van der Waals surface area contributed by atoms with Gasteiger partial charge in [0.25, 0.3) is 0 Å². The lowest BCUT2D eigenvalue weighted by Crippen LogP contribution is -2.33. The minimum atomic E-state index is 0.0985. The molecule has 1 aromatic carbocycles. The summed E-state index contributed by atoms with van der Waals surface area (Å²) in [5.74, 6) is 1.37. The average molecular weight is 292 g/mol. The Morgan fingerprint density at radius 3 is 2.90 bits per heavy atom. The van der Waals surface area contributed by atoms with Gasteiger partial charge in [-0.25, -0.2) is 0 Å². The van der Waals surface area contributed by atoms with Gasteiger partial charge in [0.05, 0.1) is 0 Å². The van der Waals surface area contributed by atoms with Crippen LogP contribution in [0.25, 0.3) is 0 Å². The summed E-state index contributed by atoms with van der Waals surface area (Å²) in [6.45, 7) is 4.56. The number of thioether (sulfide) groups is 1. The predicted octanol–water partition coefficient (Wildman–Crippen LogP) is 3.36. The van der Waals surface area contributed by atoms with Gasteiger partial charge in [0.2, 0.25) is 5.91 Å². The van der Waals surface area contributed by atoms with E-state index in [1.165, 1.54) is 29.8 Å². The van der Waals surface area contributed by atoms with Gasteiger partial charge in [0.15, 0.2) is 0 Å². The van der Waals surface area contributed by atoms with Crippen LogP contribution in [0, 0.1) is 0 Å². The Morgan fingerprint density at radius 1 is 1.45 bits per heavy atom. The SMILES string of the molecule is CC(=O)N(C)Cc1ccccc1NC1CCCSC1C. The number of amides is 1. The molecule has 1 heterocycles. The van der Waals surface area contributed by atoms with Gasteiger partial charge in [-0.1, -0.05) is 25.1 Å². The molecular weight excluding hydrogens is 268 g/mol. The monoisotopic (exact) mass is 292 g/mol. The highest BCUT2D eigenvalue weighted by Crippen LogP contribution is 2.29. The quantitative estimate of drug-likeness (QED) is 0.923. The fourth-order valence-electron chi connectivity index (χ4n) is 2.48. The second-order valence-corrected chi connectivity index (χ2v) is 6.99. The van der Waals surface area contributed by atoms with Gasteiger partial charge in [-0.2, -0.15) is 11.8 Å². The first kappa shape index (κ1) is 15.2. The molecule has 1 amide bonds. The molecule has 1 fully saturated rings. The fraction of sp³-hybridized carbons (Fsp3) is 0.562. The Labute approximate surface area is 126 Å². The third kappa shape index (κ3) is 3.92. The van der Waals surface area contributed by atoms with Crippen molar-refractivity contribution in [3.05, 3.63) is 29.8 Å². The molecular formula is C16H24N2OS. The van der Waals surface area contributed by atoms with Crippen LogP contribution in [0.15, 0.2) is 24.3 Å². The third-order valence-electron chi connectivity index (χ3n) is 3.91. The van der Waals surface area contributed by atoms with Crippen LogP contribution in [-0.2, 0) is 11.3 Å². The van der Waals surface area contributed by atoms with Crippen LogP contribution in [0.1, 0.15) is 32.3 Å². The van der Waals surface area contributed by atoms with E-state index in [-0.39, 0.29) is 5.91 Å². The van der Waals surface area contributed by atoms with Gasteiger partial charge in [-0.3, -0.25) is 4.79 Å². The Hall–Kier alpha value is -1.16. The Kier molecular flexibility index (Phi) is 5.35. The van der Waals surface area contributed by atoms with Crippen molar-refractivity contribution in [1.29, 1.82) is 0 Å². The van der Waals surface area contributed by atoms with Gasteiger partial charge in [0.1, 0.15) is 0 Å². The highest BCUT2D eigenvalue weighted by atomic mass is 32.2. The van der Waals surface area contributed by atoms with Gasteiger partial charge < -0.3 is 10.2 Å². The number of carbonyl (C=O) groups is 1. The molecule has 0 aromatic heterocycles. The number of nitrogens with zero attached hydrogens (tertiary/aromatic N) is 1. The van der Waals surface area contributed by atoms with Crippen molar-refractivity contribution in [2.75, 3.05) is 18.1 Å². The first-order valence-corrected chi connectivity index (χ1v) is 8.30. The molecule has 2 unspecified atom stereocenters. The van der Waals surface area contributed by atoms with Crippen molar-refractivity contribution in [2.24, 2.45) is 0 Å². The molecule has 0 aliphatic carbocycles. The number of hydrogen-bond acceptors (Lipinski definition) is 3. The summed E-state index contributed by atoms with van der Waals surface area (Å²) < 4.78 is 0. The van der Waals surface area contributed by atoms with Gasteiger partial charge in [-0.05, 0) is 30.2 Å². The molecule has 2 rings (SSSR count). The first-order chi connectivity index (χ1) is 9.58. The van der Waals surface area contributed by atoms with Crippen LogP contribution < -0.4 is 5.32 Å². The highest BCUT2D eigenvalue weighted by Gasteiger charge is 2.22. The molecule has 4 heteroatoms. The van der Waals surface area contributed by atoms with Crippen LogP contribution in [-0.4, -0.2) is 34.9 Å². The summed E-state index contributed by atoms with van der Waals surface area (Å²) in [6, 6.07) is 8.84. The van der Waals surface area contributed by atoms with E-state index in [1.807, 2.05) is 24.9 Å². The third-order valence-corrected chi connectivity index (χ3v) is 5.29. The van der Waals surface area contributed by atoms with Crippen LogP contribution in [0.5, 0.6) is 0 Å². The van der Waals surface area contributed by atoms with E-state index in [0.29, 0.717) is 17.8 Å². The second-order valence-electron chi connectivity index (χ2n) is 5.50. The number of carbonyl (C=O) groups excluding carboxylic acids is 1. The Balaban J connectivity index is 2.09. The standard InChI is InChI=1S/C16H24N2OS/c1-12-15(9-6-10-20-12)17-16-8-5-4-7-14(16)11-18(3)13(2)19/h4-5,7-8,12,15,17H,6,9-11H2,1-3H3. The van der Waals surface area contributed by atoms with Crippen molar-refractivity contribution in [3.8, 4) is 0 Å². The van der Waals surface area contributed by atoms with Crippen LogP contribution in [0.2, 0.25) is 0 Å². The summed E-state index contributed by atoms with van der Waals surface area (Å²) in [5.41, 5.74) is 2.35. The van der Waals surface area contributed by atoms with E-state index in [0.717, 1.165) is 0 Å². The summed E-state index contributed by atoms with van der Waals surface area (Å²) in [6.07, 6.45) is 2.51. The van der Waals surface area contributed by atoms with Crippen molar-refractivity contribution in [1.82, 2.24) is 4.90 Å². The summed E-state index contributed by atoms with van der Waals surface area (Å²) in [4.78, 5) is 13.2. The molecule has 1 aliphatic heterocycles. The molecule has 0 saturated carbocycles. The van der Waals surface area contributed by atoms with Crippen LogP contribution in [0.4, 0.5) is 5.69 Å². The molecule has 1 aromatic rings. The van der Waals surface area contributed by atoms with E-state index >= 15 is 0 Å². The van der Waals surface area contributed by atoms with Gasteiger partial charge >= 0.3 is 0 Å². The zero-order valence-electron chi connectivity index (χ0n) is 12.6. The summed E-state index contributed by atoms with van der Waals surface area (Å²) in [5, 5.41) is 4.33. The first-order valence-electron chi connectivity index (χ1n) is 7.25. The molecule has 1 aliphatic rings. The maximum absolute atomic E-state index is 11.4. The van der Waals surface area contributed by atoms with E-state index in [4.69, 9.17) is 0 Å². The molecule has 1 saturated heterocycles. The Morgan fingerprint density at radius 2 is 2.20 bits per heavy atom. The van der Waals surface area contributed by atoms with Gasteiger partial charge in [0, 0.05) is 37.5 Å². The van der Waals surface area contributed by atoms with Gasteiger partial charge in [-0.15, -0.1) is 0 Å². The predicted molar refractivity (Wildman–Crippen MR) is 87.2 cm³/mol. The average Bonchev–Trinajstić information content (AvgIpc) is 2.43. The van der Waals surface area contributed by atoms with E-state index in [9.17, 15) is 4.79 Å². The largest absolute Gasteiger partial charge is 0.381 e. The molecule has 20 heavy (non-hydrogen) atoms. The van der Waals surface area contributed by atoms with Crippen molar-refractivity contribution in [2.45, 2.75) is 44.5 Å². The molecule has 1 N–H and O–H groups in total. The number of nitrogens with one attached hydrogen (secondary N) is 1. The Bertz CT molecular complexity index is 464. The molecule has 0 bridgehead atoms. The maximum atomic E-state index is 11.4. The molecule has 0 radical (unpaired) electrons. The van der Waals surface area contributed by atoms with Crippen molar-refractivity contribution < 1.29 is 4.79 Å². The fourth-order valence-corrected chi connectivity index (χ4v) is 3.62. The number of rotatable bonds is 4. The second kappa shape index (κ2) is 7.02. The lowest BCUT2D eigenvalue weighted by Gasteiger charge is -2.31. The lowest BCUT2D eigenvalue weighted by molar-refractivity contribution is -0.128. The summed E-state index contributed by atoms with van der Waals surface area (Å²) in [7, 11) is 1.85. The number of benzene rings is 1. The smallest absolute Gasteiger partial charge is 0.219 e. The zero-order valence-corrected chi connectivity index (χ0v) is 13.4. The van der Waals surface area contributed by atoms with Crippen LogP contribution >= 0.6 is 11.8 Å². The van der Waals surface area contributed by atoms with E-state index < -0.39 is 0 Å². The van der Waals surface area contributed by atoms with Crippen molar-refractivity contribution >= 4 is 23.4 Å². The maximum Gasteiger partial charge on any atom is 0.219 e. The van der Waals surface area contributed by atoms with Crippen molar-refractivity contribution in [3.63, 3.8) is 0 Å². The zero-order chi connectivity index (χ0) is 14.5. The molecule has 0 spiro atoms. The summed E-state index contributed by atoms with van der Waals surface area (Å²) >= 11 is 2.04. The van der Waals surface area contributed by atoms with E-state index in [1.54, 1.807) is 11.8 Å². The highest BCUT2D eigenvalue weighted by molar-refractivity contribution is 8.00. The number of para-hydroxylation sites is 1. The minimum absolute atomic E-state index is 0.0985. The van der Waals surface area contributed by atoms with E-state index in [2.05, 4.69) is 30.4 Å². The normalized spacial score (nSPS) is 22.4. The molecule has 110 valence electrons. The molecule has 2 atom stereocenters. The number of hydrogen-bond donors (Lipinski definition) is 1. The topological polar surface area (TPSA) is 32.3 Å². The minimum Gasteiger partial charge on any atom is -0.381 e. The number of anilines is 1. The molecule has 3 nitrogen and oxygen atoms in total.